The molecule has 0 aromatic heterocycles. The summed E-state index contributed by atoms with van der Waals surface area (Å²) in [5.74, 6) is 0. The molecule has 0 spiro atoms. The van der Waals surface area contributed by atoms with E-state index in [0.29, 0.717) is 0 Å². The average molecular weight is 437 g/mol. The molecule has 0 N–H and O–H groups in total. The van der Waals surface area contributed by atoms with Gasteiger partial charge in [0.05, 0.1) is 12.2 Å². The summed E-state index contributed by atoms with van der Waals surface area (Å²) >= 11 is 0. The van der Waals surface area contributed by atoms with Gasteiger partial charge in [0.15, 0.2) is 0 Å². The van der Waals surface area contributed by atoms with E-state index >= 15 is 0 Å². The van der Waals surface area contributed by atoms with Crippen LogP contribution < -0.4 is 0 Å². The van der Waals surface area contributed by atoms with Gasteiger partial charge in [0.2, 0.25) is 0 Å². The zero-order valence-electron chi connectivity index (χ0n) is 22.5. The highest BCUT2D eigenvalue weighted by molar-refractivity contribution is 5.35. The van der Waals surface area contributed by atoms with E-state index in [2.05, 4.69) is 128 Å². The molecule has 0 aliphatic rings. The van der Waals surface area contributed by atoms with Gasteiger partial charge in [0, 0.05) is 13.1 Å². The second-order valence-electron chi connectivity index (χ2n) is 8.01. The second-order valence-corrected chi connectivity index (χ2v) is 8.01. The van der Waals surface area contributed by atoms with E-state index in [1.54, 1.807) is 0 Å². The highest BCUT2D eigenvalue weighted by Gasteiger charge is 2.22. The van der Waals surface area contributed by atoms with Crippen LogP contribution in [0.3, 0.4) is 0 Å². The first-order valence-electron chi connectivity index (χ1n) is 12.0. The van der Waals surface area contributed by atoms with Crippen LogP contribution in [0.25, 0.3) is 0 Å². The first kappa shape index (κ1) is 29.7. The number of allylic oxidation sites excluding steroid dienone is 9. The van der Waals surface area contributed by atoms with Crippen molar-refractivity contribution in [3.63, 3.8) is 0 Å². The molecule has 0 unspecified atom stereocenters. The molecule has 0 aromatic rings. The Labute approximate surface area is 199 Å². The third-order valence-corrected chi connectivity index (χ3v) is 6.17. The van der Waals surface area contributed by atoms with Crippen LogP contribution >= 0.6 is 0 Å². The van der Waals surface area contributed by atoms with Crippen molar-refractivity contribution in [3.05, 3.63) is 94.3 Å². The lowest BCUT2D eigenvalue weighted by molar-refractivity contribution is 0.0387. The Bertz CT molecular complexity index is 810. The molecule has 0 heterocycles. The molecule has 0 aliphatic heterocycles. The monoisotopic (exact) mass is 436 g/mol. The lowest BCUT2D eigenvalue weighted by Gasteiger charge is -2.40. The summed E-state index contributed by atoms with van der Waals surface area (Å²) in [4.78, 5) is 0. The Hall–Kier alpha value is -2.32. The van der Waals surface area contributed by atoms with Crippen LogP contribution in [-0.4, -0.2) is 29.7 Å². The Balaban J connectivity index is 6.75. The predicted molar refractivity (Wildman–Crippen MR) is 146 cm³/mol. The van der Waals surface area contributed by atoms with E-state index in [4.69, 9.17) is 0 Å². The minimum atomic E-state index is 0.828. The van der Waals surface area contributed by atoms with Crippen molar-refractivity contribution in [1.29, 1.82) is 0 Å². The van der Waals surface area contributed by atoms with Gasteiger partial charge in [-0.3, -0.25) is 0 Å². The Morgan fingerprint density at radius 1 is 0.656 bits per heavy atom. The SMILES string of the molecule is C=C/C=C(\CC)CN(CC(=C/C)/C(C)=C\C)N(CC(=C/C)/C(C)=C\C)C(=C/C)/C(C)=C\C. The van der Waals surface area contributed by atoms with E-state index in [-0.39, 0.29) is 0 Å². The van der Waals surface area contributed by atoms with Gasteiger partial charge in [-0.15, -0.1) is 0 Å². The molecule has 0 fully saturated rings. The minimum Gasteiger partial charge on any atom is -0.301 e. The Kier molecular flexibility index (Phi) is 15.1. The molecule has 0 aromatic carbocycles. The van der Waals surface area contributed by atoms with Crippen LogP contribution in [0.15, 0.2) is 94.3 Å². The van der Waals surface area contributed by atoms with E-state index in [9.17, 15) is 0 Å². The lowest BCUT2D eigenvalue weighted by Crippen LogP contribution is -2.45. The van der Waals surface area contributed by atoms with Crippen molar-refractivity contribution in [2.75, 3.05) is 19.6 Å². The van der Waals surface area contributed by atoms with Gasteiger partial charge >= 0.3 is 0 Å². The summed E-state index contributed by atoms with van der Waals surface area (Å²) in [6, 6.07) is 0. The summed E-state index contributed by atoms with van der Waals surface area (Å²) in [5.41, 5.74) is 9.24. The minimum absolute atomic E-state index is 0.828. The molecule has 0 saturated heterocycles. The van der Waals surface area contributed by atoms with Crippen LogP contribution in [0.1, 0.15) is 75.7 Å². The van der Waals surface area contributed by atoms with E-state index in [0.717, 1.165) is 26.1 Å². The van der Waals surface area contributed by atoms with Crippen molar-refractivity contribution >= 4 is 0 Å². The Morgan fingerprint density at radius 2 is 1.16 bits per heavy atom. The third kappa shape index (κ3) is 9.04. The first-order chi connectivity index (χ1) is 15.3. The molecule has 2 nitrogen and oxygen atoms in total. The number of hydrogen-bond donors (Lipinski definition) is 0. The fourth-order valence-corrected chi connectivity index (χ4v) is 3.59. The van der Waals surface area contributed by atoms with Gasteiger partial charge in [-0.05, 0) is 85.5 Å². The summed E-state index contributed by atoms with van der Waals surface area (Å²) in [6.45, 7) is 28.1. The maximum atomic E-state index is 3.94. The Morgan fingerprint density at radius 3 is 1.53 bits per heavy atom. The van der Waals surface area contributed by atoms with E-state index in [1.165, 1.54) is 39.1 Å². The van der Waals surface area contributed by atoms with Crippen LogP contribution in [0.4, 0.5) is 0 Å². The van der Waals surface area contributed by atoms with Crippen LogP contribution in [-0.2, 0) is 0 Å². The summed E-state index contributed by atoms with van der Waals surface area (Å²) in [7, 11) is 0. The van der Waals surface area contributed by atoms with Crippen LogP contribution in [0.2, 0.25) is 0 Å². The maximum absolute atomic E-state index is 3.94. The average Bonchev–Trinajstić information content (AvgIpc) is 2.82. The van der Waals surface area contributed by atoms with Gasteiger partial charge in [0.25, 0.3) is 0 Å². The predicted octanol–water partition coefficient (Wildman–Crippen LogP) is 8.72. The summed E-state index contributed by atoms with van der Waals surface area (Å²) < 4.78 is 0. The number of hydrazine groups is 1. The van der Waals surface area contributed by atoms with Crippen LogP contribution in [0, 0.1) is 0 Å². The first-order valence-corrected chi connectivity index (χ1v) is 12.0. The molecule has 178 valence electrons. The highest BCUT2D eigenvalue weighted by Crippen LogP contribution is 2.25. The summed E-state index contributed by atoms with van der Waals surface area (Å²) in [6.07, 6.45) is 18.4. The van der Waals surface area contributed by atoms with Crippen LogP contribution in [0.5, 0.6) is 0 Å². The maximum Gasteiger partial charge on any atom is 0.0597 e. The number of hydrogen-bond acceptors (Lipinski definition) is 2. The molecule has 0 aliphatic carbocycles. The smallest absolute Gasteiger partial charge is 0.0597 e. The van der Waals surface area contributed by atoms with E-state index < -0.39 is 0 Å². The van der Waals surface area contributed by atoms with Gasteiger partial charge in [-0.25, -0.2) is 5.01 Å². The normalized spacial score (nSPS) is 15.5. The lowest BCUT2D eigenvalue weighted by atomic mass is 10.0. The molecular formula is C30H48N2. The molecule has 32 heavy (non-hydrogen) atoms. The van der Waals surface area contributed by atoms with Crippen molar-refractivity contribution in [2.24, 2.45) is 0 Å². The van der Waals surface area contributed by atoms with Gasteiger partial charge < -0.3 is 5.01 Å². The molecule has 0 radical (unpaired) electrons. The molecule has 0 amide bonds. The van der Waals surface area contributed by atoms with E-state index in [1.807, 2.05) is 6.08 Å². The topological polar surface area (TPSA) is 6.48 Å². The molecule has 0 saturated carbocycles. The molecule has 0 rings (SSSR count). The number of nitrogens with zero attached hydrogens (tertiary/aromatic N) is 2. The largest absolute Gasteiger partial charge is 0.301 e. The second kappa shape index (κ2) is 16.3. The quantitative estimate of drug-likeness (QED) is 0.210. The van der Waals surface area contributed by atoms with Gasteiger partial charge in [-0.2, -0.15) is 0 Å². The molecule has 0 bridgehead atoms. The van der Waals surface area contributed by atoms with Crippen molar-refractivity contribution in [2.45, 2.75) is 75.7 Å². The zero-order valence-corrected chi connectivity index (χ0v) is 22.5. The van der Waals surface area contributed by atoms with Gasteiger partial charge in [-0.1, -0.05) is 78.8 Å². The number of rotatable bonds is 13. The molecular weight excluding hydrogens is 388 g/mol. The van der Waals surface area contributed by atoms with Crippen molar-refractivity contribution < 1.29 is 0 Å². The molecule has 2 heteroatoms. The highest BCUT2D eigenvalue weighted by atomic mass is 15.6. The third-order valence-electron chi connectivity index (χ3n) is 6.17. The fourth-order valence-electron chi connectivity index (χ4n) is 3.59. The summed E-state index contributed by atoms with van der Waals surface area (Å²) in [5, 5.41) is 4.96. The molecule has 0 atom stereocenters. The van der Waals surface area contributed by atoms with Crippen molar-refractivity contribution in [1.82, 2.24) is 10.0 Å². The zero-order chi connectivity index (χ0) is 24.7. The fraction of sp³-hybridized carbons (Fsp3) is 0.467. The van der Waals surface area contributed by atoms with Crippen molar-refractivity contribution in [3.8, 4) is 0 Å². The van der Waals surface area contributed by atoms with Gasteiger partial charge in [0.1, 0.15) is 0 Å². The standard InChI is InChI=1S/C30H48N2/c1-12-20-27(16-5)21-31(22-28(17-6)24(9)13-2)32(30(19-8)26(11)15-4)23-29(18-7)25(10)14-3/h12-15,17-20H,1,16,21-23H2,2-11H3/b24-13-,25-14-,26-15-,27-20+,28-17-,29-18-,30-19+.